The summed E-state index contributed by atoms with van der Waals surface area (Å²) in [5.74, 6) is 0.908. The Hall–Kier alpha value is -2.32. The summed E-state index contributed by atoms with van der Waals surface area (Å²) in [6.07, 6.45) is 1.33. The number of carbonyl (C=O) groups excluding carboxylic acids is 2. The Balaban J connectivity index is 1.97. The fourth-order valence-electron chi connectivity index (χ4n) is 3.23. The lowest BCUT2D eigenvalue weighted by molar-refractivity contribution is -0.141. The van der Waals surface area contributed by atoms with Crippen molar-refractivity contribution < 1.29 is 23.8 Å². The van der Waals surface area contributed by atoms with E-state index in [-0.39, 0.29) is 12.5 Å². The Morgan fingerprint density at radius 2 is 2.00 bits per heavy atom. The summed E-state index contributed by atoms with van der Waals surface area (Å²) in [4.78, 5) is 31.8. The zero-order valence-corrected chi connectivity index (χ0v) is 17.8. The molecule has 3 rings (SSSR count). The normalized spacial score (nSPS) is 19.0. The van der Waals surface area contributed by atoms with E-state index in [1.807, 2.05) is 31.2 Å². The molecule has 8 heteroatoms. The Bertz CT molecular complexity index is 819. The molecule has 0 bridgehead atoms. The molecule has 1 aromatic carbocycles. The van der Waals surface area contributed by atoms with Gasteiger partial charge in [0.1, 0.15) is 12.4 Å². The van der Waals surface area contributed by atoms with Gasteiger partial charge in [-0.2, -0.15) is 0 Å². The number of allylic oxidation sites excluding steroid dienone is 1. The largest absolute Gasteiger partial charge is 0.494 e. The summed E-state index contributed by atoms with van der Waals surface area (Å²) >= 11 is 1.53. The van der Waals surface area contributed by atoms with Crippen LogP contribution < -0.4 is 4.74 Å². The van der Waals surface area contributed by atoms with Gasteiger partial charge in [-0.25, -0.2) is 9.79 Å². The van der Waals surface area contributed by atoms with Gasteiger partial charge >= 0.3 is 5.97 Å². The number of fused-ring (bicyclic) bond motifs is 1. The second-order valence-corrected chi connectivity index (χ2v) is 7.77. The highest BCUT2D eigenvalue weighted by Crippen LogP contribution is 2.40. The van der Waals surface area contributed by atoms with E-state index in [1.54, 1.807) is 18.9 Å². The third-order valence-corrected chi connectivity index (χ3v) is 5.57. The molecule has 1 fully saturated rings. The van der Waals surface area contributed by atoms with Gasteiger partial charge in [0.05, 0.1) is 30.5 Å². The summed E-state index contributed by atoms with van der Waals surface area (Å²) in [5, 5.41) is 0.628. The summed E-state index contributed by atoms with van der Waals surface area (Å²) in [6, 6.07) is 6.93. The molecule has 0 radical (unpaired) electrons. The second kappa shape index (κ2) is 9.93. The van der Waals surface area contributed by atoms with E-state index in [4.69, 9.17) is 14.2 Å². The molecule has 0 aliphatic carbocycles. The van der Waals surface area contributed by atoms with Crippen LogP contribution in [0.2, 0.25) is 0 Å². The monoisotopic (exact) mass is 418 g/mol. The van der Waals surface area contributed by atoms with Crippen LogP contribution in [0.5, 0.6) is 5.75 Å². The molecule has 0 N–H and O–H groups in total. The van der Waals surface area contributed by atoms with Gasteiger partial charge < -0.3 is 14.2 Å². The van der Waals surface area contributed by atoms with Crippen LogP contribution in [0.15, 0.2) is 40.5 Å². The van der Waals surface area contributed by atoms with Crippen LogP contribution >= 0.6 is 11.8 Å². The molecule has 0 spiro atoms. The number of amides is 1. The maximum atomic E-state index is 12.9. The standard InChI is InChI=1S/C21H26N2O5S/c1-4-10-27-16-7-5-15(6-8-16)19-18(20(25)28-12-11-26-3)14(2)22-21-23(19)17(24)9-13-29-21/h5-8,19H,4,9-13H2,1-3H3/t19-/m0/s1. The van der Waals surface area contributed by atoms with Crippen molar-refractivity contribution in [1.29, 1.82) is 0 Å². The third kappa shape index (κ3) is 4.82. The average molecular weight is 419 g/mol. The van der Waals surface area contributed by atoms with E-state index < -0.39 is 12.0 Å². The van der Waals surface area contributed by atoms with Crippen LogP contribution in [-0.4, -0.2) is 54.6 Å². The first kappa shape index (κ1) is 21.4. The molecule has 0 unspecified atom stereocenters. The molecule has 7 nitrogen and oxygen atoms in total. The highest BCUT2D eigenvalue weighted by atomic mass is 32.2. The van der Waals surface area contributed by atoms with E-state index >= 15 is 0 Å². The van der Waals surface area contributed by atoms with Gasteiger partial charge in [-0.3, -0.25) is 9.69 Å². The molecule has 0 saturated carbocycles. The molecule has 1 saturated heterocycles. The first-order chi connectivity index (χ1) is 14.1. The molecule has 1 amide bonds. The number of thioether (sulfide) groups is 1. The SMILES string of the molecule is CCCOc1ccc([C@H]2C(C(=O)OCCOC)=C(C)N=C3SCCC(=O)N32)cc1. The number of hydrogen-bond donors (Lipinski definition) is 0. The third-order valence-electron chi connectivity index (χ3n) is 4.62. The van der Waals surface area contributed by atoms with E-state index in [9.17, 15) is 9.59 Å². The van der Waals surface area contributed by atoms with E-state index in [0.717, 1.165) is 17.7 Å². The fourth-order valence-corrected chi connectivity index (χ4v) is 4.24. The summed E-state index contributed by atoms with van der Waals surface area (Å²) < 4.78 is 16.0. The minimum absolute atomic E-state index is 0.0477. The summed E-state index contributed by atoms with van der Waals surface area (Å²) in [6.45, 7) is 4.91. The number of hydrogen-bond acceptors (Lipinski definition) is 7. The van der Waals surface area contributed by atoms with Gasteiger partial charge in [0, 0.05) is 19.3 Å². The maximum Gasteiger partial charge on any atom is 0.338 e. The number of amidine groups is 1. The number of rotatable bonds is 8. The van der Waals surface area contributed by atoms with Crippen LogP contribution in [0.1, 0.15) is 38.3 Å². The Morgan fingerprint density at radius 3 is 2.69 bits per heavy atom. The molecule has 0 aromatic heterocycles. The molecular weight excluding hydrogens is 392 g/mol. The number of methoxy groups -OCH3 is 1. The molecule has 2 aliphatic rings. The van der Waals surface area contributed by atoms with Crippen molar-refractivity contribution in [1.82, 2.24) is 4.90 Å². The van der Waals surface area contributed by atoms with Crippen molar-refractivity contribution in [3.63, 3.8) is 0 Å². The van der Waals surface area contributed by atoms with Gasteiger partial charge in [-0.15, -0.1) is 0 Å². The molecule has 2 heterocycles. The average Bonchev–Trinajstić information content (AvgIpc) is 2.72. The predicted octanol–water partition coefficient (Wildman–Crippen LogP) is 3.32. The van der Waals surface area contributed by atoms with Gasteiger partial charge in [0.2, 0.25) is 5.91 Å². The van der Waals surface area contributed by atoms with E-state index in [1.165, 1.54) is 11.8 Å². The minimum atomic E-state index is -0.571. The van der Waals surface area contributed by atoms with Crippen LogP contribution in [0, 0.1) is 0 Å². The smallest absolute Gasteiger partial charge is 0.338 e. The van der Waals surface area contributed by atoms with E-state index in [2.05, 4.69) is 4.99 Å². The molecule has 2 aliphatic heterocycles. The Morgan fingerprint density at radius 1 is 1.24 bits per heavy atom. The lowest BCUT2D eigenvalue weighted by Gasteiger charge is -2.38. The number of benzene rings is 1. The Labute approximate surface area is 175 Å². The molecular formula is C21H26N2O5S. The van der Waals surface area contributed by atoms with Gasteiger partial charge in [-0.1, -0.05) is 30.8 Å². The van der Waals surface area contributed by atoms with Crippen molar-refractivity contribution in [2.24, 2.45) is 4.99 Å². The van der Waals surface area contributed by atoms with Gasteiger partial charge in [-0.05, 0) is 31.0 Å². The quantitative estimate of drug-likeness (QED) is 0.476. The molecule has 1 aromatic rings. The topological polar surface area (TPSA) is 77.4 Å². The molecule has 156 valence electrons. The minimum Gasteiger partial charge on any atom is -0.494 e. The van der Waals surface area contributed by atoms with Crippen LogP contribution in [0.4, 0.5) is 0 Å². The lowest BCUT2D eigenvalue weighted by Crippen LogP contribution is -2.45. The first-order valence-electron chi connectivity index (χ1n) is 9.70. The molecule has 1 atom stereocenters. The van der Waals surface area contributed by atoms with Crippen molar-refractivity contribution in [2.45, 2.75) is 32.7 Å². The maximum absolute atomic E-state index is 12.9. The van der Waals surface area contributed by atoms with Gasteiger partial charge in [0.15, 0.2) is 5.17 Å². The highest BCUT2D eigenvalue weighted by Gasteiger charge is 2.41. The number of nitrogens with zero attached hydrogens (tertiary/aromatic N) is 2. The summed E-state index contributed by atoms with van der Waals surface area (Å²) in [7, 11) is 1.55. The fraction of sp³-hybridized carbons (Fsp3) is 0.476. The highest BCUT2D eigenvalue weighted by molar-refractivity contribution is 8.14. The van der Waals surface area contributed by atoms with Gasteiger partial charge in [0.25, 0.3) is 0 Å². The number of aliphatic imine (C=N–C) groups is 1. The van der Waals surface area contributed by atoms with Crippen molar-refractivity contribution in [2.75, 3.05) is 32.7 Å². The first-order valence-corrected chi connectivity index (χ1v) is 10.7. The van der Waals surface area contributed by atoms with Crippen molar-refractivity contribution >= 4 is 28.8 Å². The van der Waals surface area contributed by atoms with Crippen LogP contribution in [0.25, 0.3) is 0 Å². The Kier molecular flexibility index (Phi) is 7.33. The number of esters is 1. The number of carbonyl (C=O) groups is 2. The van der Waals surface area contributed by atoms with Crippen LogP contribution in [0.3, 0.4) is 0 Å². The van der Waals surface area contributed by atoms with Crippen molar-refractivity contribution in [3.05, 3.63) is 41.1 Å². The zero-order valence-electron chi connectivity index (χ0n) is 17.0. The van der Waals surface area contributed by atoms with Crippen LogP contribution in [-0.2, 0) is 19.1 Å². The molecule has 29 heavy (non-hydrogen) atoms. The zero-order chi connectivity index (χ0) is 20.8. The van der Waals surface area contributed by atoms with Crippen molar-refractivity contribution in [3.8, 4) is 5.75 Å². The summed E-state index contributed by atoms with van der Waals surface area (Å²) in [5.41, 5.74) is 1.76. The predicted molar refractivity (Wildman–Crippen MR) is 112 cm³/mol. The number of ether oxygens (including phenoxy) is 3. The second-order valence-electron chi connectivity index (χ2n) is 6.70. The van der Waals surface area contributed by atoms with E-state index in [0.29, 0.717) is 41.8 Å². The lowest BCUT2D eigenvalue weighted by atomic mass is 9.94.